The Bertz CT molecular complexity index is 768. The lowest BCUT2D eigenvalue weighted by molar-refractivity contribution is -0.118. The normalized spacial score (nSPS) is 10.4. The van der Waals surface area contributed by atoms with Crippen molar-refractivity contribution in [2.75, 3.05) is 25.1 Å². The molecule has 146 valence electrons. The first-order valence-electron chi connectivity index (χ1n) is 8.80. The average Bonchev–Trinajstić information content (AvgIpc) is 2.64. The largest absolute Gasteiger partial charge is 0.490 e. The van der Waals surface area contributed by atoms with Crippen LogP contribution in [0.5, 0.6) is 17.2 Å². The summed E-state index contributed by atoms with van der Waals surface area (Å²) in [5, 5.41) is 3.63. The van der Waals surface area contributed by atoms with Gasteiger partial charge in [0, 0.05) is 16.8 Å². The predicted octanol–water partition coefficient (Wildman–Crippen LogP) is 5.59. The summed E-state index contributed by atoms with van der Waals surface area (Å²) in [6.45, 7) is 5.05. The summed E-state index contributed by atoms with van der Waals surface area (Å²) in [6.07, 6.45) is 1.77. The predicted molar refractivity (Wildman–Crippen MR) is 109 cm³/mol. The van der Waals surface area contributed by atoms with Gasteiger partial charge in [-0.25, -0.2) is 0 Å². The van der Waals surface area contributed by atoms with E-state index in [9.17, 15) is 4.79 Å². The molecule has 27 heavy (non-hydrogen) atoms. The van der Waals surface area contributed by atoms with E-state index in [2.05, 4.69) is 5.32 Å². The second kappa shape index (κ2) is 10.9. The Balaban J connectivity index is 1.99. The lowest BCUT2D eigenvalue weighted by atomic mass is 10.2. The average molecular weight is 412 g/mol. The Morgan fingerprint density at radius 1 is 0.889 bits per heavy atom. The Labute approximate surface area is 169 Å². The summed E-state index contributed by atoms with van der Waals surface area (Å²) in [5.74, 6) is 1.34. The summed E-state index contributed by atoms with van der Waals surface area (Å²) in [5.41, 5.74) is 0.598. The van der Waals surface area contributed by atoms with Crippen molar-refractivity contribution in [2.45, 2.75) is 26.7 Å². The van der Waals surface area contributed by atoms with Gasteiger partial charge in [0.2, 0.25) is 0 Å². The zero-order valence-electron chi connectivity index (χ0n) is 15.4. The van der Waals surface area contributed by atoms with Crippen molar-refractivity contribution in [3.8, 4) is 17.2 Å². The van der Waals surface area contributed by atoms with Gasteiger partial charge in [-0.2, -0.15) is 0 Å². The third-order valence-electron chi connectivity index (χ3n) is 3.40. The quantitative estimate of drug-likeness (QED) is 0.553. The van der Waals surface area contributed by atoms with Crippen LogP contribution in [0.1, 0.15) is 26.7 Å². The highest BCUT2D eigenvalue weighted by atomic mass is 35.5. The number of ether oxygens (including phenoxy) is 3. The maximum Gasteiger partial charge on any atom is 0.262 e. The molecule has 2 aromatic carbocycles. The minimum Gasteiger partial charge on any atom is -0.490 e. The van der Waals surface area contributed by atoms with Crippen LogP contribution in [0.25, 0.3) is 0 Å². The minimum absolute atomic E-state index is 0.180. The van der Waals surface area contributed by atoms with Crippen LogP contribution < -0.4 is 19.5 Å². The smallest absolute Gasteiger partial charge is 0.262 e. The number of amides is 1. The van der Waals surface area contributed by atoms with Gasteiger partial charge >= 0.3 is 0 Å². The van der Waals surface area contributed by atoms with Gasteiger partial charge < -0.3 is 19.5 Å². The van der Waals surface area contributed by atoms with E-state index in [1.807, 2.05) is 13.8 Å². The summed E-state index contributed by atoms with van der Waals surface area (Å²) in [7, 11) is 0. The molecule has 2 aromatic rings. The van der Waals surface area contributed by atoms with Crippen LogP contribution in [0.2, 0.25) is 10.0 Å². The fourth-order valence-corrected chi connectivity index (χ4v) is 2.64. The SMILES string of the molecule is CCCOc1ccc(NC(=O)COc2ccc(Cl)cc2Cl)cc1OCCC. The van der Waals surface area contributed by atoms with Gasteiger partial charge in [0.05, 0.1) is 18.2 Å². The Morgan fingerprint density at radius 2 is 1.56 bits per heavy atom. The van der Waals surface area contributed by atoms with Crippen LogP contribution in [-0.2, 0) is 4.79 Å². The molecule has 1 amide bonds. The third-order valence-corrected chi connectivity index (χ3v) is 3.93. The van der Waals surface area contributed by atoms with Crippen LogP contribution in [0.4, 0.5) is 5.69 Å². The summed E-state index contributed by atoms with van der Waals surface area (Å²) in [4.78, 5) is 12.2. The lowest BCUT2D eigenvalue weighted by Gasteiger charge is -2.14. The van der Waals surface area contributed by atoms with E-state index in [-0.39, 0.29) is 12.5 Å². The van der Waals surface area contributed by atoms with Gasteiger partial charge in [0.1, 0.15) is 5.75 Å². The Hall–Kier alpha value is -2.11. The first kappa shape index (κ1) is 21.2. The van der Waals surface area contributed by atoms with Crippen molar-refractivity contribution >= 4 is 34.8 Å². The molecular weight excluding hydrogens is 389 g/mol. The summed E-state index contributed by atoms with van der Waals surface area (Å²) < 4.78 is 16.8. The second-order valence-electron chi connectivity index (χ2n) is 5.77. The monoisotopic (exact) mass is 411 g/mol. The highest BCUT2D eigenvalue weighted by Gasteiger charge is 2.10. The molecule has 5 nitrogen and oxygen atoms in total. The van der Waals surface area contributed by atoms with Gasteiger partial charge in [-0.3, -0.25) is 4.79 Å². The number of halogens is 2. The topological polar surface area (TPSA) is 56.8 Å². The summed E-state index contributed by atoms with van der Waals surface area (Å²) >= 11 is 11.9. The van der Waals surface area contributed by atoms with Crippen molar-refractivity contribution in [1.82, 2.24) is 0 Å². The van der Waals surface area contributed by atoms with E-state index in [0.29, 0.717) is 46.2 Å². The van der Waals surface area contributed by atoms with E-state index in [4.69, 9.17) is 37.4 Å². The standard InChI is InChI=1S/C20H23Cl2NO4/c1-3-9-25-18-8-6-15(12-19(18)26-10-4-2)23-20(24)13-27-17-7-5-14(21)11-16(17)22/h5-8,11-12H,3-4,9-10,13H2,1-2H3,(H,23,24). The molecule has 0 spiro atoms. The molecular formula is C20H23Cl2NO4. The molecule has 0 atom stereocenters. The van der Waals surface area contributed by atoms with Crippen molar-refractivity contribution in [1.29, 1.82) is 0 Å². The van der Waals surface area contributed by atoms with Crippen LogP contribution in [0.3, 0.4) is 0 Å². The molecule has 7 heteroatoms. The first-order valence-corrected chi connectivity index (χ1v) is 9.56. The molecule has 0 aliphatic carbocycles. The summed E-state index contributed by atoms with van der Waals surface area (Å²) in [6, 6.07) is 10.1. The molecule has 2 rings (SSSR count). The van der Waals surface area contributed by atoms with Gasteiger partial charge in [-0.1, -0.05) is 37.0 Å². The van der Waals surface area contributed by atoms with E-state index < -0.39 is 0 Å². The van der Waals surface area contributed by atoms with E-state index in [0.717, 1.165) is 12.8 Å². The molecule has 0 aliphatic heterocycles. The number of hydrogen-bond acceptors (Lipinski definition) is 4. The van der Waals surface area contributed by atoms with Crippen LogP contribution in [0, 0.1) is 0 Å². The molecule has 0 fully saturated rings. The van der Waals surface area contributed by atoms with Gasteiger partial charge in [0.15, 0.2) is 18.1 Å². The zero-order valence-corrected chi connectivity index (χ0v) is 16.9. The maximum absolute atomic E-state index is 12.2. The molecule has 0 aliphatic rings. The number of rotatable bonds is 10. The molecule has 0 saturated heterocycles. The molecule has 0 unspecified atom stereocenters. The van der Waals surface area contributed by atoms with Crippen molar-refractivity contribution in [3.05, 3.63) is 46.4 Å². The van der Waals surface area contributed by atoms with E-state index >= 15 is 0 Å². The Kier molecular flexibility index (Phi) is 8.55. The fraction of sp³-hybridized carbons (Fsp3) is 0.350. The maximum atomic E-state index is 12.2. The van der Waals surface area contributed by atoms with E-state index in [1.54, 1.807) is 36.4 Å². The molecule has 0 radical (unpaired) electrons. The molecule has 0 aromatic heterocycles. The van der Waals surface area contributed by atoms with Crippen LogP contribution in [-0.4, -0.2) is 25.7 Å². The van der Waals surface area contributed by atoms with Crippen molar-refractivity contribution in [2.24, 2.45) is 0 Å². The first-order chi connectivity index (χ1) is 13.0. The molecule has 0 bridgehead atoms. The van der Waals surface area contributed by atoms with Crippen LogP contribution >= 0.6 is 23.2 Å². The third kappa shape index (κ3) is 6.85. The molecule has 0 saturated carbocycles. The van der Waals surface area contributed by atoms with Gasteiger partial charge in [-0.15, -0.1) is 0 Å². The van der Waals surface area contributed by atoms with Crippen molar-refractivity contribution < 1.29 is 19.0 Å². The lowest BCUT2D eigenvalue weighted by Crippen LogP contribution is -2.20. The van der Waals surface area contributed by atoms with Gasteiger partial charge in [-0.05, 0) is 43.2 Å². The highest BCUT2D eigenvalue weighted by Crippen LogP contribution is 2.31. The van der Waals surface area contributed by atoms with Crippen LogP contribution in [0.15, 0.2) is 36.4 Å². The second-order valence-corrected chi connectivity index (χ2v) is 6.61. The number of carbonyl (C=O) groups excluding carboxylic acids is 1. The van der Waals surface area contributed by atoms with Crippen molar-refractivity contribution in [3.63, 3.8) is 0 Å². The Morgan fingerprint density at radius 3 is 2.22 bits per heavy atom. The minimum atomic E-state index is -0.315. The number of nitrogens with one attached hydrogen (secondary N) is 1. The zero-order chi connectivity index (χ0) is 19.6. The molecule has 0 heterocycles. The van der Waals surface area contributed by atoms with Gasteiger partial charge in [0.25, 0.3) is 5.91 Å². The number of anilines is 1. The molecule has 1 N–H and O–H groups in total. The number of carbonyl (C=O) groups is 1. The number of benzene rings is 2. The highest BCUT2D eigenvalue weighted by molar-refractivity contribution is 6.35. The van der Waals surface area contributed by atoms with E-state index in [1.165, 1.54) is 0 Å². The number of hydrogen-bond donors (Lipinski definition) is 1. The fourth-order valence-electron chi connectivity index (χ4n) is 2.17.